The van der Waals surface area contributed by atoms with E-state index in [0.29, 0.717) is 18.7 Å². The Morgan fingerprint density at radius 1 is 1.07 bits per heavy atom. The molecular formula is C21H23FN2O3. The number of hydrogen-bond donors (Lipinski definition) is 1. The van der Waals surface area contributed by atoms with Crippen LogP contribution >= 0.6 is 0 Å². The fraction of sp³-hybridized carbons (Fsp3) is 0.286. The molecule has 0 radical (unpaired) electrons. The molecule has 0 saturated heterocycles. The Balaban J connectivity index is 1.75. The number of carbonyl (C=O) groups is 1. The van der Waals surface area contributed by atoms with E-state index in [1.165, 1.54) is 12.1 Å². The molecule has 1 aromatic carbocycles. The molecule has 0 bridgehead atoms. The normalized spacial score (nSPS) is 13.5. The standard InChI is InChI=1S/C21H23FN2O3/c1-24(2)19(20-6-4-12-27-20)14-23-21(25)18(13-17-5-3-11-26-17)15-7-9-16(22)10-8-15/h3-12,18-19H,13-14H2,1-2H3,(H,23,25). The van der Waals surface area contributed by atoms with Crippen LogP contribution in [0.1, 0.15) is 29.0 Å². The zero-order valence-corrected chi connectivity index (χ0v) is 15.4. The predicted octanol–water partition coefficient (Wildman–Crippen LogP) is 3.76. The Hall–Kier alpha value is -2.86. The van der Waals surface area contributed by atoms with E-state index in [0.717, 1.165) is 11.3 Å². The highest BCUT2D eigenvalue weighted by atomic mass is 19.1. The van der Waals surface area contributed by atoms with Gasteiger partial charge in [-0.25, -0.2) is 4.39 Å². The first kappa shape index (κ1) is 18.9. The van der Waals surface area contributed by atoms with Gasteiger partial charge in [-0.1, -0.05) is 12.1 Å². The van der Waals surface area contributed by atoms with Crippen LogP contribution < -0.4 is 5.32 Å². The van der Waals surface area contributed by atoms with Crippen LogP contribution in [-0.2, 0) is 11.2 Å². The van der Waals surface area contributed by atoms with Crippen molar-refractivity contribution in [2.75, 3.05) is 20.6 Å². The number of likely N-dealkylation sites (N-methyl/N-ethyl adjacent to an activating group) is 1. The molecule has 27 heavy (non-hydrogen) atoms. The van der Waals surface area contributed by atoms with E-state index < -0.39 is 5.92 Å². The van der Waals surface area contributed by atoms with Crippen molar-refractivity contribution in [3.8, 4) is 0 Å². The molecule has 6 heteroatoms. The fourth-order valence-corrected chi connectivity index (χ4v) is 3.03. The van der Waals surface area contributed by atoms with Crippen molar-refractivity contribution in [2.24, 2.45) is 0 Å². The third-order valence-corrected chi connectivity index (χ3v) is 4.54. The van der Waals surface area contributed by atoms with E-state index in [1.54, 1.807) is 30.7 Å². The largest absolute Gasteiger partial charge is 0.469 e. The summed E-state index contributed by atoms with van der Waals surface area (Å²) in [4.78, 5) is 14.9. The van der Waals surface area contributed by atoms with Crippen LogP contribution in [0, 0.1) is 5.82 Å². The number of benzene rings is 1. The van der Waals surface area contributed by atoms with E-state index >= 15 is 0 Å². The summed E-state index contributed by atoms with van der Waals surface area (Å²) in [5, 5.41) is 3.00. The quantitative estimate of drug-likeness (QED) is 0.656. The second-order valence-corrected chi connectivity index (χ2v) is 6.63. The van der Waals surface area contributed by atoms with Gasteiger partial charge in [-0.05, 0) is 56.1 Å². The van der Waals surface area contributed by atoms with Crippen molar-refractivity contribution in [3.05, 3.63) is 84.0 Å². The van der Waals surface area contributed by atoms with E-state index in [-0.39, 0.29) is 17.8 Å². The number of hydrogen-bond acceptors (Lipinski definition) is 4. The molecule has 0 aliphatic carbocycles. The summed E-state index contributed by atoms with van der Waals surface area (Å²) in [5.74, 6) is 0.535. The number of nitrogens with zero attached hydrogens (tertiary/aromatic N) is 1. The average molecular weight is 370 g/mol. The Labute approximate surface area is 157 Å². The molecule has 2 unspecified atom stereocenters. The minimum Gasteiger partial charge on any atom is -0.469 e. The highest BCUT2D eigenvalue weighted by Crippen LogP contribution is 2.23. The second kappa shape index (κ2) is 8.68. The highest BCUT2D eigenvalue weighted by Gasteiger charge is 2.25. The molecule has 5 nitrogen and oxygen atoms in total. The van der Waals surface area contributed by atoms with E-state index in [9.17, 15) is 9.18 Å². The zero-order valence-electron chi connectivity index (χ0n) is 15.4. The van der Waals surface area contributed by atoms with Crippen LogP contribution in [-0.4, -0.2) is 31.4 Å². The number of halogens is 1. The van der Waals surface area contributed by atoms with Crippen molar-refractivity contribution >= 4 is 5.91 Å². The van der Waals surface area contributed by atoms with Gasteiger partial charge in [0.05, 0.1) is 24.5 Å². The first-order valence-electron chi connectivity index (χ1n) is 8.80. The maximum atomic E-state index is 13.3. The smallest absolute Gasteiger partial charge is 0.228 e. The van der Waals surface area contributed by atoms with Gasteiger partial charge < -0.3 is 14.2 Å². The summed E-state index contributed by atoms with van der Waals surface area (Å²) in [7, 11) is 3.86. The second-order valence-electron chi connectivity index (χ2n) is 6.63. The number of carbonyl (C=O) groups excluding carboxylic acids is 1. The van der Waals surface area contributed by atoms with Crippen LogP contribution in [0.15, 0.2) is 69.9 Å². The minimum absolute atomic E-state index is 0.0820. The molecule has 3 rings (SSSR count). The molecule has 0 fully saturated rings. The minimum atomic E-state index is -0.476. The first-order valence-corrected chi connectivity index (χ1v) is 8.80. The SMILES string of the molecule is CN(C)C(CNC(=O)C(Cc1ccco1)c1ccc(F)cc1)c1ccco1. The Bertz CT molecular complexity index is 827. The number of furan rings is 2. The molecule has 2 heterocycles. The summed E-state index contributed by atoms with van der Waals surface area (Å²) in [6.45, 7) is 0.398. The van der Waals surface area contributed by atoms with Gasteiger partial charge in [-0.3, -0.25) is 9.69 Å². The van der Waals surface area contributed by atoms with Crippen LogP contribution in [0.4, 0.5) is 4.39 Å². The summed E-state index contributed by atoms with van der Waals surface area (Å²) < 4.78 is 24.2. The van der Waals surface area contributed by atoms with Gasteiger partial charge >= 0.3 is 0 Å². The molecule has 0 aliphatic rings. The highest BCUT2D eigenvalue weighted by molar-refractivity contribution is 5.84. The number of amides is 1. The lowest BCUT2D eigenvalue weighted by molar-refractivity contribution is -0.122. The lowest BCUT2D eigenvalue weighted by atomic mass is 9.93. The molecule has 2 atom stereocenters. The van der Waals surface area contributed by atoms with Crippen LogP contribution in [0.2, 0.25) is 0 Å². The molecular weight excluding hydrogens is 347 g/mol. The molecule has 3 aromatic rings. The summed E-state index contributed by atoms with van der Waals surface area (Å²) in [5.41, 5.74) is 0.740. The van der Waals surface area contributed by atoms with Crippen molar-refractivity contribution in [1.82, 2.24) is 10.2 Å². The predicted molar refractivity (Wildman–Crippen MR) is 99.7 cm³/mol. The van der Waals surface area contributed by atoms with Gasteiger partial charge in [0, 0.05) is 13.0 Å². The third kappa shape index (κ3) is 4.86. The topological polar surface area (TPSA) is 58.6 Å². The van der Waals surface area contributed by atoms with E-state index in [2.05, 4.69) is 5.32 Å². The van der Waals surface area contributed by atoms with Crippen molar-refractivity contribution in [1.29, 1.82) is 0 Å². The van der Waals surface area contributed by atoms with Gasteiger partial charge in [0.2, 0.25) is 5.91 Å². The van der Waals surface area contributed by atoms with Gasteiger partial charge in [-0.15, -0.1) is 0 Å². The van der Waals surface area contributed by atoms with Gasteiger partial charge in [-0.2, -0.15) is 0 Å². The van der Waals surface area contributed by atoms with Crippen LogP contribution in [0.25, 0.3) is 0 Å². The summed E-state index contributed by atoms with van der Waals surface area (Å²) in [6.07, 6.45) is 3.59. The molecule has 2 aromatic heterocycles. The lowest BCUT2D eigenvalue weighted by Gasteiger charge is -2.24. The maximum Gasteiger partial charge on any atom is 0.228 e. The zero-order chi connectivity index (χ0) is 19.2. The Kier molecular flexibility index (Phi) is 6.08. The third-order valence-electron chi connectivity index (χ3n) is 4.54. The fourth-order valence-electron chi connectivity index (χ4n) is 3.03. The number of nitrogens with one attached hydrogen (secondary N) is 1. The molecule has 0 spiro atoms. The first-order chi connectivity index (χ1) is 13.0. The van der Waals surface area contributed by atoms with Gasteiger partial charge in [0.1, 0.15) is 17.3 Å². The monoisotopic (exact) mass is 370 g/mol. The van der Waals surface area contributed by atoms with E-state index in [1.807, 2.05) is 37.2 Å². The average Bonchev–Trinajstić information content (AvgIpc) is 3.34. The molecule has 0 aliphatic heterocycles. The van der Waals surface area contributed by atoms with Gasteiger partial charge in [0.25, 0.3) is 0 Å². The lowest BCUT2D eigenvalue weighted by Crippen LogP contribution is -2.37. The van der Waals surface area contributed by atoms with Crippen LogP contribution in [0.3, 0.4) is 0 Å². The maximum absolute atomic E-state index is 13.3. The molecule has 1 amide bonds. The van der Waals surface area contributed by atoms with Crippen LogP contribution in [0.5, 0.6) is 0 Å². The Morgan fingerprint density at radius 2 is 1.78 bits per heavy atom. The number of rotatable bonds is 8. The van der Waals surface area contributed by atoms with Crippen molar-refractivity contribution in [2.45, 2.75) is 18.4 Å². The van der Waals surface area contributed by atoms with Crippen molar-refractivity contribution < 1.29 is 18.0 Å². The Morgan fingerprint density at radius 3 is 2.37 bits per heavy atom. The van der Waals surface area contributed by atoms with E-state index in [4.69, 9.17) is 8.83 Å². The van der Waals surface area contributed by atoms with Crippen molar-refractivity contribution in [3.63, 3.8) is 0 Å². The summed E-state index contributed by atoms with van der Waals surface area (Å²) >= 11 is 0. The van der Waals surface area contributed by atoms with Gasteiger partial charge in [0.15, 0.2) is 0 Å². The molecule has 0 saturated carbocycles. The molecule has 1 N–H and O–H groups in total. The molecule has 142 valence electrons. The summed E-state index contributed by atoms with van der Waals surface area (Å²) in [6, 6.07) is 13.2.